The van der Waals surface area contributed by atoms with E-state index < -0.39 is 5.97 Å². The highest BCUT2D eigenvalue weighted by molar-refractivity contribution is 6.30. The van der Waals surface area contributed by atoms with Crippen LogP contribution in [0.4, 0.5) is 0 Å². The smallest absolute Gasteiger partial charge is 0.331 e. The summed E-state index contributed by atoms with van der Waals surface area (Å²) in [7, 11) is 1.58. The molecule has 0 aliphatic rings. The fourth-order valence-electron chi connectivity index (χ4n) is 2.15. The third-order valence-corrected chi connectivity index (χ3v) is 3.63. The van der Waals surface area contributed by atoms with Gasteiger partial charge in [-0.05, 0) is 35.9 Å². The predicted molar refractivity (Wildman–Crippen MR) is 96.6 cm³/mol. The molecule has 0 saturated carbocycles. The van der Waals surface area contributed by atoms with Gasteiger partial charge in [-0.25, -0.2) is 4.79 Å². The number of aromatic nitrogens is 2. The van der Waals surface area contributed by atoms with Gasteiger partial charge in [0.2, 0.25) is 5.82 Å². The molecule has 1 aromatic heterocycles. The number of rotatable bonds is 6. The largest absolute Gasteiger partial charge is 0.497 e. The lowest BCUT2D eigenvalue weighted by Gasteiger charge is -2.00. The van der Waals surface area contributed by atoms with Crippen LogP contribution >= 0.6 is 11.6 Å². The summed E-state index contributed by atoms with van der Waals surface area (Å²) in [5, 5.41) is 4.47. The van der Waals surface area contributed by atoms with E-state index in [1.807, 2.05) is 24.3 Å². The Kier molecular flexibility index (Phi) is 5.66. The fourth-order valence-corrected chi connectivity index (χ4v) is 2.35. The van der Waals surface area contributed by atoms with Crippen molar-refractivity contribution in [2.24, 2.45) is 0 Å². The first kappa shape index (κ1) is 17.7. The molecule has 3 aromatic rings. The number of carbonyl (C=O) groups is 1. The molecule has 0 atom stereocenters. The Morgan fingerprint density at radius 3 is 2.88 bits per heavy atom. The number of esters is 1. The first-order chi connectivity index (χ1) is 12.6. The van der Waals surface area contributed by atoms with Gasteiger partial charge in [0.15, 0.2) is 6.61 Å². The van der Waals surface area contributed by atoms with Crippen LogP contribution in [0.5, 0.6) is 5.75 Å². The highest BCUT2D eigenvalue weighted by Gasteiger charge is 2.10. The molecule has 7 heteroatoms. The van der Waals surface area contributed by atoms with Gasteiger partial charge in [0, 0.05) is 16.7 Å². The number of nitrogens with zero attached hydrogens (tertiary/aromatic N) is 2. The van der Waals surface area contributed by atoms with E-state index in [-0.39, 0.29) is 12.5 Å². The van der Waals surface area contributed by atoms with Crippen LogP contribution in [-0.2, 0) is 16.1 Å². The van der Waals surface area contributed by atoms with Crippen molar-refractivity contribution < 1.29 is 18.8 Å². The zero-order valence-corrected chi connectivity index (χ0v) is 14.6. The SMILES string of the molecule is COc1cccc(-c2noc(COC(=O)/C=C/c3cccc(Cl)c3)n2)c1. The highest BCUT2D eigenvalue weighted by Crippen LogP contribution is 2.21. The Labute approximate surface area is 155 Å². The molecule has 0 aliphatic carbocycles. The van der Waals surface area contributed by atoms with Crippen LogP contribution in [0.2, 0.25) is 5.02 Å². The Balaban J connectivity index is 1.58. The molecule has 2 aromatic carbocycles. The van der Waals surface area contributed by atoms with Gasteiger partial charge in [0.05, 0.1) is 7.11 Å². The summed E-state index contributed by atoms with van der Waals surface area (Å²) in [6.07, 6.45) is 2.93. The number of carbonyl (C=O) groups excluding carboxylic acids is 1. The molecule has 6 nitrogen and oxygen atoms in total. The van der Waals surface area contributed by atoms with Gasteiger partial charge in [-0.1, -0.05) is 41.0 Å². The topological polar surface area (TPSA) is 74.5 Å². The Bertz CT molecular complexity index is 937. The molecule has 0 N–H and O–H groups in total. The van der Waals surface area contributed by atoms with Crippen molar-refractivity contribution in [1.29, 1.82) is 0 Å². The number of hydrogen-bond donors (Lipinski definition) is 0. The number of hydrogen-bond acceptors (Lipinski definition) is 6. The van der Waals surface area contributed by atoms with Crippen molar-refractivity contribution in [1.82, 2.24) is 10.1 Å². The first-order valence-corrected chi connectivity index (χ1v) is 8.09. The molecule has 3 rings (SSSR count). The van der Waals surface area contributed by atoms with E-state index in [9.17, 15) is 4.79 Å². The van der Waals surface area contributed by atoms with E-state index in [0.717, 1.165) is 11.1 Å². The molecule has 26 heavy (non-hydrogen) atoms. The molecular formula is C19H15ClN2O4. The second-order valence-electron chi connectivity index (χ2n) is 5.24. The minimum Gasteiger partial charge on any atom is -0.497 e. The van der Waals surface area contributed by atoms with Crippen molar-refractivity contribution >= 4 is 23.6 Å². The monoisotopic (exact) mass is 370 g/mol. The van der Waals surface area contributed by atoms with Crippen LogP contribution in [0.1, 0.15) is 11.5 Å². The zero-order valence-electron chi connectivity index (χ0n) is 13.9. The van der Waals surface area contributed by atoms with E-state index in [2.05, 4.69) is 10.1 Å². The van der Waals surface area contributed by atoms with Gasteiger partial charge in [0.1, 0.15) is 5.75 Å². The number of halogens is 1. The summed E-state index contributed by atoms with van der Waals surface area (Å²) in [5.74, 6) is 0.759. The predicted octanol–water partition coefficient (Wildman–Crippen LogP) is 4.16. The first-order valence-electron chi connectivity index (χ1n) is 7.71. The average Bonchev–Trinajstić information content (AvgIpc) is 3.14. The minimum atomic E-state index is -0.522. The normalized spacial score (nSPS) is 10.8. The lowest BCUT2D eigenvalue weighted by Crippen LogP contribution is -2.00. The molecule has 0 radical (unpaired) electrons. The van der Waals surface area contributed by atoms with E-state index in [1.165, 1.54) is 6.08 Å². The Morgan fingerprint density at radius 2 is 2.08 bits per heavy atom. The van der Waals surface area contributed by atoms with E-state index in [0.29, 0.717) is 16.6 Å². The third kappa shape index (κ3) is 4.70. The molecule has 0 amide bonds. The summed E-state index contributed by atoms with van der Waals surface area (Å²) < 4.78 is 15.4. The summed E-state index contributed by atoms with van der Waals surface area (Å²) in [6.45, 7) is -0.115. The van der Waals surface area contributed by atoms with Crippen LogP contribution in [0.15, 0.2) is 59.1 Å². The molecule has 132 valence electrons. The summed E-state index contributed by atoms with van der Waals surface area (Å²) >= 11 is 5.89. The van der Waals surface area contributed by atoms with Crippen molar-refractivity contribution in [3.63, 3.8) is 0 Å². The van der Waals surface area contributed by atoms with E-state index in [1.54, 1.807) is 37.5 Å². The second kappa shape index (κ2) is 8.31. The standard InChI is InChI=1S/C19H15ClN2O4/c1-24-16-7-3-5-14(11-16)19-21-17(26-22-19)12-25-18(23)9-8-13-4-2-6-15(20)10-13/h2-11H,12H2,1H3/b9-8+. The third-order valence-electron chi connectivity index (χ3n) is 3.39. The molecule has 0 spiro atoms. The van der Waals surface area contributed by atoms with Crippen molar-refractivity contribution in [2.75, 3.05) is 7.11 Å². The maximum Gasteiger partial charge on any atom is 0.331 e. The maximum atomic E-state index is 11.8. The van der Waals surface area contributed by atoms with Gasteiger partial charge < -0.3 is 14.0 Å². The molecule has 0 fully saturated rings. The highest BCUT2D eigenvalue weighted by atomic mass is 35.5. The number of ether oxygens (including phenoxy) is 2. The van der Waals surface area contributed by atoms with E-state index >= 15 is 0 Å². The lowest BCUT2D eigenvalue weighted by molar-refractivity contribution is -0.139. The molecule has 0 bridgehead atoms. The van der Waals surface area contributed by atoms with Crippen molar-refractivity contribution in [3.05, 3.63) is 71.1 Å². The van der Waals surface area contributed by atoms with Gasteiger partial charge in [-0.15, -0.1) is 0 Å². The van der Waals surface area contributed by atoms with Gasteiger partial charge in [0.25, 0.3) is 5.89 Å². The molecule has 1 heterocycles. The van der Waals surface area contributed by atoms with E-state index in [4.69, 9.17) is 25.6 Å². The van der Waals surface area contributed by atoms with Crippen molar-refractivity contribution in [2.45, 2.75) is 6.61 Å². The van der Waals surface area contributed by atoms with Gasteiger partial charge >= 0.3 is 5.97 Å². The number of methoxy groups -OCH3 is 1. The summed E-state index contributed by atoms with van der Waals surface area (Å²) in [4.78, 5) is 16.0. The number of benzene rings is 2. The van der Waals surface area contributed by atoms with Gasteiger partial charge in [-0.3, -0.25) is 0 Å². The van der Waals surface area contributed by atoms with Crippen LogP contribution in [0, 0.1) is 0 Å². The maximum absolute atomic E-state index is 11.8. The van der Waals surface area contributed by atoms with Crippen LogP contribution in [0.25, 0.3) is 17.5 Å². The summed E-state index contributed by atoms with van der Waals surface area (Å²) in [6, 6.07) is 14.4. The second-order valence-corrected chi connectivity index (χ2v) is 5.68. The zero-order chi connectivity index (χ0) is 18.4. The quantitative estimate of drug-likeness (QED) is 0.479. The fraction of sp³-hybridized carbons (Fsp3) is 0.105. The molecular weight excluding hydrogens is 356 g/mol. The van der Waals surface area contributed by atoms with Gasteiger partial charge in [-0.2, -0.15) is 4.98 Å². The summed E-state index contributed by atoms with van der Waals surface area (Å²) in [5.41, 5.74) is 1.54. The molecule has 0 unspecified atom stereocenters. The molecule has 0 aliphatic heterocycles. The lowest BCUT2D eigenvalue weighted by atomic mass is 10.2. The Morgan fingerprint density at radius 1 is 1.23 bits per heavy atom. The minimum absolute atomic E-state index is 0.115. The van der Waals surface area contributed by atoms with Crippen molar-refractivity contribution in [3.8, 4) is 17.1 Å². The van der Waals surface area contributed by atoms with Crippen LogP contribution in [0.3, 0.4) is 0 Å². The average molecular weight is 371 g/mol. The molecule has 0 saturated heterocycles. The van der Waals surface area contributed by atoms with Crippen LogP contribution in [-0.4, -0.2) is 23.2 Å². The Hall–Kier alpha value is -3.12. The van der Waals surface area contributed by atoms with Crippen LogP contribution < -0.4 is 4.74 Å².